The predicted octanol–water partition coefficient (Wildman–Crippen LogP) is 0.774. The first-order chi connectivity index (χ1) is 5.16. The number of alkyl halides is 2. The molecule has 0 amide bonds. The lowest BCUT2D eigenvalue weighted by atomic mass is 9.82. The van der Waals surface area contributed by atoms with Gasteiger partial charge < -0.3 is 10.1 Å². The molecule has 0 aromatic rings. The van der Waals surface area contributed by atoms with Crippen molar-refractivity contribution in [3.63, 3.8) is 0 Å². The Morgan fingerprint density at radius 2 is 1.82 bits per heavy atom. The third kappa shape index (κ3) is 0.891. The maximum Gasteiger partial charge on any atom is 0.299 e. The van der Waals surface area contributed by atoms with Crippen LogP contribution in [0, 0.1) is 0 Å². The lowest BCUT2D eigenvalue weighted by Gasteiger charge is -2.50. The smallest absolute Gasteiger partial charge is 0.299 e. The molecule has 0 aliphatic carbocycles. The van der Waals surface area contributed by atoms with Crippen LogP contribution in [-0.2, 0) is 4.74 Å². The Morgan fingerprint density at radius 1 is 1.18 bits per heavy atom. The summed E-state index contributed by atoms with van der Waals surface area (Å²) in [6.45, 7) is 0.915. The minimum absolute atomic E-state index is 0.382. The number of ether oxygens (including phenoxy) is 1. The third-order valence-electron chi connectivity index (χ3n) is 2.61. The summed E-state index contributed by atoms with van der Waals surface area (Å²) in [6.07, 6.45) is 0.889. The van der Waals surface area contributed by atoms with Crippen LogP contribution in [0.15, 0.2) is 0 Å². The quantitative estimate of drug-likeness (QED) is 0.569. The largest absolute Gasteiger partial charge is 0.362 e. The average Bonchev–Trinajstić information content (AvgIpc) is 2.04. The van der Waals surface area contributed by atoms with Gasteiger partial charge in [0.15, 0.2) is 0 Å². The normalized spacial score (nSPS) is 33.3. The second kappa shape index (κ2) is 2.14. The summed E-state index contributed by atoms with van der Waals surface area (Å²) in [5, 5.41) is 3.03. The van der Waals surface area contributed by atoms with E-state index in [1.54, 1.807) is 0 Å². The summed E-state index contributed by atoms with van der Waals surface area (Å²) in [6, 6.07) is 0. The van der Waals surface area contributed by atoms with Crippen molar-refractivity contribution in [2.45, 2.75) is 24.4 Å². The van der Waals surface area contributed by atoms with Crippen molar-refractivity contribution >= 4 is 0 Å². The first-order valence-corrected chi connectivity index (χ1v) is 3.89. The van der Waals surface area contributed by atoms with Crippen molar-refractivity contribution in [2.24, 2.45) is 0 Å². The lowest BCUT2D eigenvalue weighted by Crippen LogP contribution is -2.66. The molecular weight excluding hydrogens is 152 g/mol. The molecule has 0 unspecified atom stereocenters. The Hall–Kier alpha value is -0.220. The van der Waals surface area contributed by atoms with Gasteiger partial charge in [-0.15, -0.1) is 0 Å². The Kier molecular flexibility index (Phi) is 1.44. The fraction of sp³-hybridized carbons (Fsp3) is 1.00. The number of hydrogen-bond acceptors (Lipinski definition) is 2. The minimum Gasteiger partial charge on any atom is -0.362 e. The Balaban J connectivity index is 2.09. The molecular formula is C7H11F2NO. The molecule has 2 heterocycles. The van der Waals surface area contributed by atoms with Gasteiger partial charge in [0.2, 0.25) is 0 Å². The van der Waals surface area contributed by atoms with Crippen LogP contribution in [0.25, 0.3) is 0 Å². The van der Waals surface area contributed by atoms with Gasteiger partial charge in [-0.3, -0.25) is 0 Å². The molecule has 4 heteroatoms. The van der Waals surface area contributed by atoms with Crippen LogP contribution in [0.5, 0.6) is 0 Å². The highest BCUT2D eigenvalue weighted by atomic mass is 19.3. The minimum atomic E-state index is -2.57. The summed E-state index contributed by atoms with van der Waals surface area (Å²) in [4.78, 5) is 0. The van der Waals surface area contributed by atoms with Crippen molar-refractivity contribution in [2.75, 3.05) is 19.7 Å². The molecule has 2 rings (SSSR count). The molecule has 0 radical (unpaired) electrons. The average molecular weight is 163 g/mol. The number of halogens is 2. The second-order valence-corrected chi connectivity index (χ2v) is 3.24. The van der Waals surface area contributed by atoms with E-state index in [1.165, 1.54) is 0 Å². The molecule has 11 heavy (non-hydrogen) atoms. The highest BCUT2D eigenvalue weighted by Gasteiger charge is 2.63. The van der Waals surface area contributed by atoms with E-state index in [0.717, 1.165) is 0 Å². The second-order valence-electron chi connectivity index (χ2n) is 3.24. The SMILES string of the molecule is FC1(F)COC12CCNCC2. The molecule has 0 atom stereocenters. The van der Waals surface area contributed by atoms with Crippen molar-refractivity contribution in [1.29, 1.82) is 0 Å². The van der Waals surface area contributed by atoms with Crippen LogP contribution in [0.3, 0.4) is 0 Å². The van der Waals surface area contributed by atoms with Gasteiger partial charge in [0, 0.05) is 0 Å². The van der Waals surface area contributed by atoms with Crippen LogP contribution in [-0.4, -0.2) is 31.2 Å². The number of rotatable bonds is 0. The molecule has 1 N–H and O–H groups in total. The summed E-state index contributed by atoms with van der Waals surface area (Å²) >= 11 is 0. The molecule has 0 aromatic heterocycles. The van der Waals surface area contributed by atoms with Crippen molar-refractivity contribution in [3.05, 3.63) is 0 Å². The molecule has 2 nitrogen and oxygen atoms in total. The fourth-order valence-corrected chi connectivity index (χ4v) is 1.73. The number of hydrogen-bond donors (Lipinski definition) is 1. The zero-order valence-corrected chi connectivity index (χ0v) is 6.20. The maximum absolute atomic E-state index is 12.9. The first kappa shape index (κ1) is 7.43. The van der Waals surface area contributed by atoms with E-state index in [9.17, 15) is 8.78 Å². The van der Waals surface area contributed by atoms with E-state index in [1.807, 2.05) is 0 Å². The van der Waals surface area contributed by atoms with E-state index < -0.39 is 11.5 Å². The molecule has 0 bridgehead atoms. The molecule has 2 aliphatic heterocycles. The van der Waals surface area contributed by atoms with Gasteiger partial charge in [-0.1, -0.05) is 0 Å². The molecule has 2 aliphatic rings. The van der Waals surface area contributed by atoms with Gasteiger partial charge in [-0.05, 0) is 25.9 Å². The van der Waals surface area contributed by atoms with E-state index >= 15 is 0 Å². The predicted molar refractivity (Wildman–Crippen MR) is 35.7 cm³/mol. The van der Waals surface area contributed by atoms with Crippen LogP contribution >= 0.6 is 0 Å². The summed E-state index contributed by atoms with van der Waals surface area (Å²) in [5.41, 5.74) is -1.10. The molecule has 0 aromatic carbocycles. The topological polar surface area (TPSA) is 21.3 Å². The fourth-order valence-electron chi connectivity index (χ4n) is 1.73. The summed E-state index contributed by atoms with van der Waals surface area (Å²) in [5.74, 6) is -2.57. The van der Waals surface area contributed by atoms with Gasteiger partial charge in [0.05, 0.1) is 0 Å². The summed E-state index contributed by atoms with van der Waals surface area (Å²) < 4.78 is 30.8. The molecule has 64 valence electrons. The zero-order valence-electron chi connectivity index (χ0n) is 6.20. The highest BCUT2D eigenvalue weighted by Crippen LogP contribution is 2.47. The van der Waals surface area contributed by atoms with Crippen LogP contribution in [0.1, 0.15) is 12.8 Å². The molecule has 0 saturated carbocycles. The van der Waals surface area contributed by atoms with Gasteiger partial charge in [-0.25, -0.2) is 8.78 Å². The monoisotopic (exact) mass is 163 g/mol. The van der Waals surface area contributed by atoms with E-state index in [-0.39, 0.29) is 6.61 Å². The van der Waals surface area contributed by atoms with E-state index in [4.69, 9.17) is 4.74 Å². The Bertz CT molecular complexity index is 166. The van der Waals surface area contributed by atoms with Crippen molar-refractivity contribution in [3.8, 4) is 0 Å². The standard InChI is InChI=1S/C7H11F2NO/c8-7(9)5-11-6(7)1-3-10-4-2-6/h10H,1-5H2. The van der Waals surface area contributed by atoms with Crippen LogP contribution in [0.2, 0.25) is 0 Å². The number of nitrogens with one attached hydrogen (secondary N) is 1. The van der Waals surface area contributed by atoms with Gasteiger partial charge in [0.1, 0.15) is 12.2 Å². The molecule has 1 spiro atoms. The van der Waals surface area contributed by atoms with Gasteiger partial charge in [-0.2, -0.15) is 0 Å². The first-order valence-electron chi connectivity index (χ1n) is 3.89. The third-order valence-corrected chi connectivity index (χ3v) is 2.61. The maximum atomic E-state index is 12.9. The van der Waals surface area contributed by atoms with Crippen LogP contribution < -0.4 is 5.32 Å². The summed E-state index contributed by atoms with van der Waals surface area (Å²) in [7, 11) is 0. The lowest BCUT2D eigenvalue weighted by molar-refractivity contribution is -0.336. The van der Waals surface area contributed by atoms with Gasteiger partial charge in [0.25, 0.3) is 5.92 Å². The molecule has 2 saturated heterocycles. The number of piperidine rings is 1. The van der Waals surface area contributed by atoms with Crippen molar-refractivity contribution in [1.82, 2.24) is 5.32 Å². The highest BCUT2D eigenvalue weighted by molar-refractivity contribution is 5.04. The Morgan fingerprint density at radius 3 is 2.09 bits per heavy atom. The van der Waals surface area contributed by atoms with E-state index in [0.29, 0.717) is 25.9 Å². The van der Waals surface area contributed by atoms with Crippen LogP contribution in [0.4, 0.5) is 8.78 Å². The van der Waals surface area contributed by atoms with E-state index in [2.05, 4.69) is 5.32 Å². The Labute approximate surface area is 63.9 Å². The zero-order chi connectivity index (χ0) is 7.95. The van der Waals surface area contributed by atoms with Gasteiger partial charge >= 0.3 is 0 Å². The van der Waals surface area contributed by atoms with Crippen molar-refractivity contribution < 1.29 is 13.5 Å². The molecule has 2 fully saturated rings.